The molecule has 8 heteroatoms. The lowest BCUT2D eigenvalue weighted by Gasteiger charge is -2.05. The van der Waals surface area contributed by atoms with Gasteiger partial charge >= 0.3 is 5.97 Å². The number of non-ortho nitro benzene ring substituents is 1. The van der Waals surface area contributed by atoms with Crippen molar-refractivity contribution in [1.29, 1.82) is 0 Å². The summed E-state index contributed by atoms with van der Waals surface area (Å²) in [6.07, 6.45) is 2.56. The Kier molecular flexibility index (Phi) is 3.85. The molecule has 0 aliphatic rings. The second-order valence-electron chi connectivity index (χ2n) is 3.59. The number of nitro benzene ring substituents is 1. The summed E-state index contributed by atoms with van der Waals surface area (Å²) in [5, 5.41) is 10.5. The minimum Gasteiger partial charge on any atom is -0.464 e. The van der Waals surface area contributed by atoms with Crippen LogP contribution in [-0.2, 0) is 4.74 Å². The van der Waals surface area contributed by atoms with Gasteiger partial charge in [-0.1, -0.05) is 0 Å². The SMILES string of the molecule is COC(=O)c1cncc(Oc2ccc([N+](=O)[O-])cc2)n1. The number of rotatable bonds is 4. The summed E-state index contributed by atoms with van der Waals surface area (Å²) in [5.74, 6) is -0.208. The van der Waals surface area contributed by atoms with Gasteiger partial charge in [-0.25, -0.2) is 9.78 Å². The molecule has 0 amide bonds. The molecule has 102 valence electrons. The molecular weight excluding hydrogens is 266 g/mol. The van der Waals surface area contributed by atoms with Crippen LogP contribution in [0.3, 0.4) is 0 Å². The number of benzene rings is 1. The number of hydrogen-bond donors (Lipinski definition) is 0. The fourth-order valence-electron chi connectivity index (χ4n) is 1.36. The third-order valence-corrected chi connectivity index (χ3v) is 2.28. The Morgan fingerprint density at radius 2 is 1.95 bits per heavy atom. The summed E-state index contributed by atoms with van der Waals surface area (Å²) in [6.45, 7) is 0. The van der Waals surface area contributed by atoms with E-state index >= 15 is 0 Å². The van der Waals surface area contributed by atoms with Crippen molar-refractivity contribution in [2.45, 2.75) is 0 Å². The van der Waals surface area contributed by atoms with Gasteiger partial charge in [-0.15, -0.1) is 0 Å². The zero-order valence-electron chi connectivity index (χ0n) is 10.3. The molecule has 2 rings (SSSR count). The predicted molar refractivity (Wildman–Crippen MR) is 66.5 cm³/mol. The number of nitrogens with zero attached hydrogens (tertiary/aromatic N) is 3. The first-order valence-corrected chi connectivity index (χ1v) is 5.43. The van der Waals surface area contributed by atoms with Crippen molar-refractivity contribution in [3.63, 3.8) is 0 Å². The Labute approximate surface area is 113 Å². The largest absolute Gasteiger partial charge is 0.464 e. The monoisotopic (exact) mass is 275 g/mol. The predicted octanol–water partition coefficient (Wildman–Crippen LogP) is 1.96. The standard InChI is InChI=1S/C12H9N3O5/c1-19-12(16)10-6-13-7-11(14-10)20-9-4-2-8(3-5-9)15(17)18/h2-7H,1H3. The summed E-state index contributed by atoms with van der Waals surface area (Å²) in [4.78, 5) is 29.0. The molecule has 0 fully saturated rings. The van der Waals surface area contributed by atoms with Gasteiger partial charge in [0.25, 0.3) is 5.69 Å². The van der Waals surface area contributed by atoms with Gasteiger partial charge in [-0.05, 0) is 12.1 Å². The molecule has 0 aliphatic heterocycles. The highest BCUT2D eigenvalue weighted by molar-refractivity contribution is 5.86. The highest BCUT2D eigenvalue weighted by atomic mass is 16.6. The average Bonchev–Trinajstić information content (AvgIpc) is 2.47. The molecule has 1 aromatic heterocycles. The van der Waals surface area contributed by atoms with Crippen LogP contribution in [0.15, 0.2) is 36.7 Å². The number of carbonyl (C=O) groups is 1. The molecule has 1 heterocycles. The smallest absolute Gasteiger partial charge is 0.358 e. The Hall–Kier alpha value is -3.03. The van der Waals surface area contributed by atoms with E-state index in [0.29, 0.717) is 5.75 Å². The number of esters is 1. The number of aromatic nitrogens is 2. The van der Waals surface area contributed by atoms with E-state index in [4.69, 9.17) is 4.74 Å². The molecule has 0 saturated heterocycles. The lowest BCUT2D eigenvalue weighted by molar-refractivity contribution is -0.384. The Morgan fingerprint density at radius 1 is 1.25 bits per heavy atom. The van der Waals surface area contributed by atoms with Crippen molar-refractivity contribution in [3.05, 3.63) is 52.5 Å². The van der Waals surface area contributed by atoms with Crippen molar-refractivity contribution < 1.29 is 19.2 Å². The lowest BCUT2D eigenvalue weighted by atomic mass is 10.3. The molecule has 0 spiro atoms. The number of nitro groups is 1. The minimum atomic E-state index is -0.633. The van der Waals surface area contributed by atoms with Gasteiger partial charge in [0, 0.05) is 12.1 Å². The third-order valence-electron chi connectivity index (χ3n) is 2.28. The molecule has 0 radical (unpaired) electrons. The van der Waals surface area contributed by atoms with Crippen LogP contribution in [0.5, 0.6) is 11.6 Å². The van der Waals surface area contributed by atoms with Gasteiger partial charge in [-0.3, -0.25) is 15.1 Å². The van der Waals surface area contributed by atoms with Crippen LogP contribution in [-0.4, -0.2) is 28.0 Å². The highest BCUT2D eigenvalue weighted by Gasteiger charge is 2.10. The molecule has 0 unspecified atom stereocenters. The van der Waals surface area contributed by atoms with E-state index in [1.807, 2.05) is 0 Å². The summed E-state index contributed by atoms with van der Waals surface area (Å²) in [6, 6.07) is 5.44. The van der Waals surface area contributed by atoms with Crippen LogP contribution in [0.4, 0.5) is 5.69 Å². The van der Waals surface area contributed by atoms with E-state index in [2.05, 4.69) is 14.7 Å². The molecule has 0 saturated carbocycles. The van der Waals surface area contributed by atoms with E-state index in [-0.39, 0.29) is 17.3 Å². The van der Waals surface area contributed by atoms with Crippen LogP contribution < -0.4 is 4.74 Å². The summed E-state index contributed by atoms with van der Waals surface area (Å²) < 4.78 is 9.86. The number of hydrogen-bond acceptors (Lipinski definition) is 7. The van der Waals surface area contributed by atoms with Crippen LogP contribution in [0.2, 0.25) is 0 Å². The molecule has 2 aromatic rings. The van der Waals surface area contributed by atoms with Crippen molar-refractivity contribution in [3.8, 4) is 11.6 Å². The van der Waals surface area contributed by atoms with E-state index < -0.39 is 10.9 Å². The first-order valence-electron chi connectivity index (χ1n) is 5.43. The maximum atomic E-state index is 11.3. The van der Waals surface area contributed by atoms with Crippen LogP contribution in [0, 0.1) is 10.1 Å². The number of methoxy groups -OCH3 is 1. The summed E-state index contributed by atoms with van der Waals surface area (Å²) in [5.41, 5.74) is -0.0429. The molecule has 0 N–H and O–H groups in total. The maximum Gasteiger partial charge on any atom is 0.358 e. The molecule has 0 aliphatic carbocycles. The summed E-state index contributed by atoms with van der Waals surface area (Å²) in [7, 11) is 1.23. The first kappa shape index (κ1) is 13.4. The van der Waals surface area contributed by atoms with Gasteiger partial charge in [0.15, 0.2) is 5.69 Å². The molecular formula is C12H9N3O5. The maximum absolute atomic E-state index is 11.3. The highest BCUT2D eigenvalue weighted by Crippen LogP contribution is 2.22. The summed E-state index contributed by atoms with van der Waals surface area (Å²) >= 11 is 0. The zero-order valence-corrected chi connectivity index (χ0v) is 10.3. The van der Waals surface area contributed by atoms with E-state index in [0.717, 1.165) is 0 Å². The topological polar surface area (TPSA) is 104 Å². The normalized spacial score (nSPS) is 9.85. The number of carbonyl (C=O) groups excluding carboxylic acids is 1. The second-order valence-corrected chi connectivity index (χ2v) is 3.59. The lowest BCUT2D eigenvalue weighted by Crippen LogP contribution is -2.05. The Balaban J connectivity index is 2.17. The molecule has 0 bridgehead atoms. The first-order chi connectivity index (χ1) is 9.60. The van der Waals surface area contributed by atoms with Gasteiger partial charge in [-0.2, -0.15) is 0 Å². The quantitative estimate of drug-likeness (QED) is 0.477. The molecule has 1 aromatic carbocycles. The molecule has 20 heavy (non-hydrogen) atoms. The number of ether oxygens (including phenoxy) is 2. The second kappa shape index (κ2) is 5.74. The fourth-order valence-corrected chi connectivity index (χ4v) is 1.36. The van der Waals surface area contributed by atoms with Crippen molar-refractivity contribution in [1.82, 2.24) is 9.97 Å². The van der Waals surface area contributed by atoms with E-state index in [1.165, 1.54) is 43.8 Å². The van der Waals surface area contributed by atoms with Gasteiger partial charge in [0.05, 0.1) is 24.4 Å². The zero-order chi connectivity index (χ0) is 14.5. The molecule has 8 nitrogen and oxygen atoms in total. The van der Waals surface area contributed by atoms with E-state index in [9.17, 15) is 14.9 Å². The van der Waals surface area contributed by atoms with Gasteiger partial charge < -0.3 is 9.47 Å². The third kappa shape index (κ3) is 3.05. The van der Waals surface area contributed by atoms with Gasteiger partial charge in [0.2, 0.25) is 5.88 Å². The fraction of sp³-hybridized carbons (Fsp3) is 0.0833. The van der Waals surface area contributed by atoms with Gasteiger partial charge in [0.1, 0.15) is 5.75 Å². The van der Waals surface area contributed by atoms with Crippen molar-refractivity contribution in [2.75, 3.05) is 7.11 Å². The van der Waals surface area contributed by atoms with Crippen molar-refractivity contribution in [2.24, 2.45) is 0 Å². The molecule has 0 atom stereocenters. The van der Waals surface area contributed by atoms with Crippen LogP contribution in [0.25, 0.3) is 0 Å². The van der Waals surface area contributed by atoms with Crippen LogP contribution >= 0.6 is 0 Å². The van der Waals surface area contributed by atoms with Crippen LogP contribution in [0.1, 0.15) is 10.5 Å². The average molecular weight is 275 g/mol. The van der Waals surface area contributed by atoms with E-state index in [1.54, 1.807) is 0 Å². The Morgan fingerprint density at radius 3 is 2.55 bits per heavy atom. The Bertz CT molecular complexity index is 642. The van der Waals surface area contributed by atoms with Crippen molar-refractivity contribution >= 4 is 11.7 Å². The minimum absolute atomic E-state index is 0.00640.